The molecule has 2 aliphatic heterocycles. The summed E-state index contributed by atoms with van der Waals surface area (Å²) in [6, 6.07) is 19.0. The lowest BCUT2D eigenvalue weighted by atomic mass is 10.0. The minimum atomic E-state index is -1.24. The molecular weight excluding hydrogens is 725 g/mol. The molecule has 1 aromatic heterocycles. The van der Waals surface area contributed by atoms with E-state index >= 15 is 0 Å². The molecular formula is C37H37BrFN5O5S. The van der Waals surface area contributed by atoms with Crippen molar-refractivity contribution < 1.29 is 28.3 Å². The molecule has 0 radical (unpaired) electrons. The van der Waals surface area contributed by atoms with Crippen molar-refractivity contribution in [2.24, 2.45) is 5.92 Å². The number of rotatable bonds is 7. The molecule has 13 heteroatoms. The maximum atomic E-state index is 14.4. The minimum Gasteiger partial charge on any atom is -0.465 e. The van der Waals surface area contributed by atoms with Crippen LogP contribution >= 0.6 is 27.3 Å². The van der Waals surface area contributed by atoms with Gasteiger partial charge >= 0.3 is 0 Å². The molecule has 4 aromatic rings. The van der Waals surface area contributed by atoms with E-state index in [2.05, 4.69) is 43.1 Å². The fourth-order valence-electron chi connectivity index (χ4n) is 6.70. The molecule has 3 heterocycles. The van der Waals surface area contributed by atoms with Gasteiger partial charge in [0.2, 0.25) is 11.8 Å². The summed E-state index contributed by atoms with van der Waals surface area (Å²) < 4.78 is 22.4. The van der Waals surface area contributed by atoms with Crippen molar-refractivity contribution in [2.45, 2.75) is 68.7 Å². The van der Waals surface area contributed by atoms with E-state index < -0.39 is 41.4 Å². The number of nitrogens with one attached hydrogen (secondary N) is 3. The first-order valence-corrected chi connectivity index (χ1v) is 18.4. The lowest BCUT2D eigenvalue weighted by Gasteiger charge is -2.30. The van der Waals surface area contributed by atoms with Gasteiger partial charge in [0.25, 0.3) is 11.1 Å². The van der Waals surface area contributed by atoms with Crippen molar-refractivity contribution in [1.82, 2.24) is 20.7 Å². The van der Waals surface area contributed by atoms with Gasteiger partial charge in [-0.25, -0.2) is 9.37 Å². The number of thiazole rings is 1. The number of amides is 3. The Morgan fingerprint density at radius 3 is 2.76 bits per heavy atom. The number of allylic oxidation sites excluding steroid dienone is 1. The van der Waals surface area contributed by atoms with E-state index in [4.69, 9.17) is 9.57 Å². The van der Waals surface area contributed by atoms with Crippen LogP contribution in [0.2, 0.25) is 0 Å². The zero-order valence-corrected chi connectivity index (χ0v) is 29.6. The number of fused-ring (bicyclic) bond motifs is 3. The first-order valence-electron chi connectivity index (χ1n) is 16.8. The molecule has 260 valence electrons. The van der Waals surface area contributed by atoms with E-state index in [-0.39, 0.29) is 24.8 Å². The first kappa shape index (κ1) is 34.0. The molecule has 3 amide bonds. The van der Waals surface area contributed by atoms with Gasteiger partial charge in [-0.05, 0) is 74.2 Å². The third-order valence-corrected chi connectivity index (χ3v) is 10.8. The van der Waals surface area contributed by atoms with E-state index in [1.54, 1.807) is 41.3 Å². The van der Waals surface area contributed by atoms with Crippen LogP contribution in [0.5, 0.6) is 10.9 Å². The van der Waals surface area contributed by atoms with Gasteiger partial charge in [0.05, 0.1) is 16.8 Å². The van der Waals surface area contributed by atoms with E-state index in [1.165, 1.54) is 23.5 Å². The number of anilines is 1. The molecule has 3 aliphatic rings. The van der Waals surface area contributed by atoms with Crippen molar-refractivity contribution >= 4 is 60.9 Å². The number of hydroxylamine groups is 1. The number of ether oxygens (including phenoxy) is 1. The number of nitrogens with zero attached hydrogens (tertiary/aromatic N) is 2. The van der Waals surface area contributed by atoms with Crippen molar-refractivity contribution in [2.75, 3.05) is 11.9 Å². The summed E-state index contributed by atoms with van der Waals surface area (Å²) in [6.07, 6.45) is 7.92. The van der Waals surface area contributed by atoms with Gasteiger partial charge in [-0.15, -0.1) is 0 Å². The predicted octanol–water partition coefficient (Wildman–Crippen LogP) is 6.53. The topological polar surface area (TPSA) is 122 Å². The van der Waals surface area contributed by atoms with E-state index in [9.17, 15) is 18.8 Å². The standard InChI is InChI=1S/C37H37BrFN5O5S/c38-24-16-17-29-32(18-24)50-36(41-29)48-28-20-31-33(45)42-37(35(47)43-49-27-13-6-4-7-14-27)21-23(37)10-5-2-1-3-8-15-30(34(46)44(31)22-28)40-26-12-9-11-25(39)19-26/h4-7,9-14,16-19,23,28,30-31,40H,1-3,8,15,20-22H2,(H,42,45)(H,43,47)/b10-5-/t23-,28+,30-,31-,37+/m0/s1. The number of halogens is 2. The smallest absolute Gasteiger partial charge is 0.278 e. The number of carbonyl (C=O) groups excluding carboxylic acids is 3. The maximum absolute atomic E-state index is 14.4. The molecule has 0 bridgehead atoms. The average molecular weight is 763 g/mol. The van der Waals surface area contributed by atoms with Gasteiger partial charge in [-0.3, -0.25) is 14.4 Å². The fourth-order valence-corrected chi connectivity index (χ4v) is 8.13. The van der Waals surface area contributed by atoms with Crippen LogP contribution < -0.4 is 25.7 Å². The van der Waals surface area contributed by atoms with Crippen LogP contribution in [-0.2, 0) is 14.4 Å². The van der Waals surface area contributed by atoms with Crippen molar-refractivity contribution in [3.63, 3.8) is 0 Å². The van der Waals surface area contributed by atoms with Gasteiger partial charge in [-0.2, -0.15) is 5.48 Å². The van der Waals surface area contributed by atoms with E-state index in [1.807, 2.05) is 30.3 Å². The Morgan fingerprint density at radius 2 is 1.92 bits per heavy atom. The van der Waals surface area contributed by atoms with Crippen LogP contribution in [0.25, 0.3) is 10.2 Å². The quantitative estimate of drug-likeness (QED) is 0.145. The summed E-state index contributed by atoms with van der Waals surface area (Å²) in [5, 5.41) is 6.71. The Bertz CT molecular complexity index is 1910. The number of benzene rings is 3. The van der Waals surface area contributed by atoms with E-state index in [0.717, 1.165) is 40.4 Å². The third-order valence-electron chi connectivity index (χ3n) is 9.41. The molecule has 3 aromatic carbocycles. The summed E-state index contributed by atoms with van der Waals surface area (Å²) in [5.74, 6) is -1.41. The van der Waals surface area contributed by atoms with Crippen molar-refractivity contribution in [3.8, 4) is 10.9 Å². The molecule has 0 unspecified atom stereocenters. The zero-order chi connectivity index (χ0) is 34.7. The third kappa shape index (κ3) is 7.63. The predicted molar refractivity (Wildman–Crippen MR) is 192 cm³/mol. The number of hydrogen-bond donors (Lipinski definition) is 3. The highest BCUT2D eigenvalue weighted by Gasteiger charge is 2.61. The maximum Gasteiger partial charge on any atom is 0.278 e. The number of aromatic nitrogens is 1. The van der Waals surface area contributed by atoms with E-state index in [0.29, 0.717) is 29.5 Å². The number of carbonyl (C=O) groups is 3. The second-order valence-corrected chi connectivity index (χ2v) is 14.9. The van der Waals surface area contributed by atoms with Gasteiger partial charge in [0.1, 0.15) is 29.5 Å². The molecule has 2 fully saturated rings. The summed E-state index contributed by atoms with van der Waals surface area (Å²) in [7, 11) is 0. The highest BCUT2D eigenvalue weighted by atomic mass is 79.9. The van der Waals surface area contributed by atoms with Crippen LogP contribution in [0.4, 0.5) is 10.1 Å². The Hall–Kier alpha value is -4.49. The van der Waals surface area contributed by atoms with Crippen LogP contribution in [0.3, 0.4) is 0 Å². The van der Waals surface area contributed by atoms with Gasteiger partial charge in [0.15, 0.2) is 5.75 Å². The number of hydrogen-bond acceptors (Lipinski definition) is 8. The Balaban J connectivity index is 1.16. The molecule has 50 heavy (non-hydrogen) atoms. The second-order valence-electron chi connectivity index (χ2n) is 13.0. The lowest BCUT2D eigenvalue weighted by molar-refractivity contribution is -0.141. The highest BCUT2D eigenvalue weighted by molar-refractivity contribution is 9.10. The van der Waals surface area contributed by atoms with Crippen LogP contribution in [0.1, 0.15) is 44.9 Å². The van der Waals surface area contributed by atoms with Crippen molar-refractivity contribution in [3.05, 3.63) is 95.2 Å². The van der Waals surface area contributed by atoms with Crippen LogP contribution in [-0.4, -0.2) is 57.9 Å². The highest BCUT2D eigenvalue weighted by Crippen LogP contribution is 2.45. The van der Waals surface area contributed by atoms with Gasteiger partial charge in [-0.1, -0.05) is 76.5 Å². The molecule has 1 saturated carbocycles. The Kier molecular flexibility index (Phi) is 10.0. The molecule has 1 aliphatic carbocycles. The molecule has 10 nitrogen and oxygen atoms in total. The lowest BCUT2D eigenvalue weighted by Crippen LogP contribution is -2.57. The SMILES string of the molecule is O=C1N[C@]2(C(=O)NOc3ccccc3)C[C@@H]2/C=C\CCCCC[C@H](Nc2cccc(F)c2)C(=O)N2C[C@H](Oc3nc4ccc(Br)cc4s3)C[C@@H]12. The normalized spacial score (nSPS) is 26.1. The zero-order valence-electron chi connectivity index (χ0n) is 27.1. The average Bonchev–Trinajstić information content (AvgIpc) is 3.40. The van der Waals surface area contributed by atoms with Gasteiger partial charge in [0, 0.05) is 22.5 Å². The fraction of sp³-hybridized carbons (Fsp3) is 0.351. The summed E-state index contributed by atoms with van der Waals surface area (Å²) in [4.78, 5) is 54.2. The Morgan fingerprint density at radius 1 is 1.06 bits per heavy atom. The molecule has 0 spiro atoms. The summed E-state index contributed by atoms with van der Waals surface area (Å²) in [6.45, 7) is 0.136. The molecule has 1 saturated heterocycles. The second kappa shape index (κ2) is 14.8. The van der Waals surface area contributed by atoms with Crippen molar-refractivity contribution in [1.29, 1.82) is 0 Å². The molecule has 3 N–H and O–H groups in total. The summed E-state index contributed by atoms with van der Waals surface area (Å²) >= 11 is 4.88. The van der Waals surface area contributed by atoms with Gasteiger partial charge < -0.3 is 25.1 Å². The minimum absolute atomic E-state index is 0.136. The molecule has 5 atom stereocenters. The Labute approximate surface area is 301 Å². The first-order chi connectivity index (χ1) is 24.3. The monoisotopic (exact) mass is 761 g/mol. The summed E-state index contributed by atoms with van der Waals surface area (Å²) in [5.41, 5.74) is 2.56. The molecule has 7 rings (SSSR count). The largest absolute Gasteiger partial charge is 0.465 e. The van der Waals surface area contributed by atoms with Crippen LogP contribution in [0.15, 0.2) is 89.4 Å². The number of para-hydroxylation sites is 1. The van der Waals surface area contributed by atoms with Crippen LogP contribution in [0, 0.1) is 11.7 Å².